The van der Waals surface area contributed by atoms with E-state index >= 15 is 0 Å². The smallest absolute Gasteiger partial charge is 0.410 e. The van der Waals surface area contributed by atoms with Crippen LogP contribution in [-0.4, -0.2) is 52.3 Å². The second kappa shape index (κ2) is 9.73. The number of hydrogen-bond donors (Lipinski definition) is 2. The van der Waals surface area contributed by atoms with Gasteiger partial charge in [-0.25, -0.2) is 4.79 Å². The van der Waals surface area contributed by atoms with Gasteiger partial charge in [0.1, 0.15) is 17.7 Å². The van der Waals surface area contributed by atoms with E-state index in [9.17, 15) is 19.5 Å². The van der Waals surface area contributed by atoms with Gasteiger partial charge in [-0.1, -0.05) is 30.3 Å². The minimum absolute atomic E-state index is 0.258. The Morgan fingerprint density at radius 2 is 1.52 bits per heavy atom. The highest BCUT2D eigenvalue weighted by Gasteiger charge is 2.36. The van der Waals surface area contributed by atoms with E-state index in [1.807, 2.05) is 6.07 Å². The summed E-state index contributed by atoms with van der Waals surface area (Å²) in [5.41, 5.74) is 5.42. The van der Waals surface area contributed by atoms with Gasteiger partial charge in [-0.2, -0.15) is 0 Å². The Morgan fingerprint density at radius 3 is 1.97 bits per heavy atom. The molecule has 0 heterocycles. The molecule has 1 amide bonds. The zero-order valence-electron chi connectivity index (χ0n) is 18.0. The van der Waals surface area contributed by atoms with E-state index in [0.29, 0.717) is 5.56 Å². The van der Waals surface area contributed by atoms with E-state index in [0.717, 1.165) is 4.90 Å². The van der Waals surface area contributed by atoms with Crippen molar-refractivity contribution in [3.63, 3.8) is 0 Å². The van der Waals surface area contributed by atoms with Crippen LogP contribution in [0.25, 0.3) is 0 Å². The fraction of sp³-hybridized carbons (Fsp3) is 0.571. The number of ether oxygens (including phenoxy) is 2. The van der Waals surface area contributed by atoms with Crippen LogP contribution in [0.3, 0.4) is 0 Å². The van der Waals surface area contributed by atoms with Gasteiger partial charge in [0.2, 0.25) is 0 Å². The zero-order chi connectivity index (χ0) is 22.4. The molecule has 29 heavy (non-hydrogen) atoms. The van der Waals surface area contributed by atoms with E-state index in [-0.39, 0.29) is 6.54 Å². The zero-order valence-corrected chi connectivity index (χ0v) is 18.0. The van der Waals surface area contributed by atoms with Crippen LogP contribution in [-0.2, 0) is 19.1 Å². The molecule has 8 nitrogen and oxygen atoms in total. The largest absolute Gasteiger partial charge is 0.480 e. The number of nitrogens with two attached hydrogens (primary N) is 1. The number of nitrogens with zero attached hydrogens (tertiary/aromatic N) is 1. The number of carboxylic acids is 1. The molecule has 8 heteroatoms. The van der Waals surface area contributed by atoms with Crippen LogP contribution < -0.4 is 5.73 Å². The first-order valence-electron chi connectivity index (χ1n) is 9.43. The fourth-order valence-electron chi connectivity index (χ4n) is 2.55. The maximum absolute atomic E-state index is 12.9. The summed E-state index contributed by atoms with van der Waals surface area (Å²) >= 11 is 0. The first-order valence-corrected chi connectivity index (χ1v) is 9.43. The molecule has 0 saturated carbocycles. The molecule has 0 aliphatic rings. The summed E-state index contributed by atoms with van der Waals surface area (Å²) < 4.78 is 10.8. The Hall–Kier alpha value is -2.61. The number of esters is 1. The maximum atomic E-state index is 12.9. The summed E-state index contributed by atoms with van der Waals surface area (Å²) in [6.45, 7) is 9.29. The van der Waals surface area contributed by atoms with Crippen molar-refractivity contribution in [2.24, 2.45) is 11.7 Å². The number of carboxylic acid groups (broad SMARTS) is 1. The summed E-state index contributed by atoms with van der Waals surface area (Å²) in [6, 6.07) is 8.10. The lowest BCUT2D eigenvalue weighted by Crippen LogP contribution is -2.47. The minimum Gasteiger partial charge on any atom is -0.480 e. The second-order valence-electron chi connectivity index (χ2n) is 8.83. The van der Waals surface area contributed by atoms with Crippen molar-refractivity contribution in [2.45, 2.75) is 58.8 Å². The third-order valence-electron chi connectivity index (χ3n) is 3.72. The lowest BCUT2D eigenvalue weighted by Gasteiger charge is -2.32. The highest BCUT2D eigenvalue weighted by Crippen LogP contribution is 2.25. The summed E-state index contributed by atoms with van der Waals surface area (Å²) in [6.07, 6.45) is -0.839. The topological polar surface area (TPSA) is 119 Å². The third kappa shape index (κ3) is 8.95. The molecule has 0 bridgehead atoms. The maximum Gasteiger partial charge on any atom is 0.410 e. The second-order valence-corrected chi connectivity index (χ2v) is 8.83. The minimum atomic E-state index is -1.23. The molecular weight excluding hydrogens is 376 g/mol. The summed E-state index contributed by atoms with van der Waals surface area (Å²) in [5.74, 6) is -2.83. The van der Waals surface area contributed by atoms with Gasteiger partial charge in [0.05, 0.1) is 5.92 Å². The summed E-state index contributed by atoms with van der Waals surface area (Å²) in [4.78, 5) is 37.7. The Balaban J connectivity index is 3.21. The number of aliphatic carboxylic acids is 1. The van der Waals surface area contributed by atoms with Crippen molar-refractivity contribution >= 4 is 18.0 Å². The predicted octanol–water partition coefficient (Wildman–Crippen LogP) is 2.97. The van der Waals surface area contributed by atoms with Crippen molar-refractivity contribution in [3.05, 3.63) is 35.9 Å². The molecular formula is C21H32N2O6. The molecule has 0 aliphatic heterocycles. The van der Waals surface area contributed by atoms with Crippen molar-refractivity contribution in [3.8, 4) is 0 Å². The fourth-order valence-corrected chi connectivity index (χ4v) is 2.55. The number of hydrogen-bond acceptors (Lipinski definition) is 6. The van der Waals surface area contributed by atoms with Crippen molar-refractivity contribution in [1.29, 1.82) is 0 Å². The SMILES string of the molecule is CC(C)(C)OC(=O)C(CN(CC(=O)O)C(=O)OC(C)(C)C)C(N)c1ccccc1. The average molecular weight is 408 g/mol. The van der Waals surface area contributed by atoms with Gasteiger partial charge in [-0.15, -0.1) is 0 Å². The highest BCUT2D eigenvalue weighted by molar-refractivity contribution is 5.79. The Labute approximate surface area is 172 Å². The van der Waals surface area contributed by atoms with Gasteiger partial charge >= 0.3 is 18.0 Å². The van der Waals surface area contributed by atoms with Crippen molar-refractivity contribution in [1.82, 2.24) is 4.90 Å². The number of carbonyl (C=O) groups excluding carboxylic acids is 2. The van der Waals surface area contributed by atoms with Gasteiger partial charge in [-0.3, -0.25) is 14.5 Å². The Bertz CT molecular complexity index is 706. The molecule has 0 saturated heterocycles. The molecule has 1 aromatic rings. The molecule has 1 rings (SSSR count). The number of benzene rings is 1. The van der Waals surface area contributed by atoms with Crippen LogP contribution in [0.15, 0.2) is 30.3 Å². The molecule has 0 radical (unpaired) electrons. The van der Waals surface area contributed by atoms with Crippen LogP contribution >= 0.6 is 0 Å². The Morgan fingerprint density at radius 1 is 1.00 bits per heavy atom. The lowest BCUT2D eigenvalue weighted by molar-refractivity contribution is -0.162. The quantitative estimate of drug-likeness (QED) is 0.666. The van der Waals surface area contributed by atoms with Crippen molar-refractivity contribution in [2.75, 3.05) is 13.1 Å². The standard InChI is InChI=1S/C21H32N2O6/c1-20(2,3)28-18(26)15(17(22)14-10-8-7-9-11-14)12-23(13-16(24)25)19(27)29-21(4,5)6/h7-11,15,17H,12-13,22H2,1-6H3,(H,24,25). The normalized spacial score (nSPS) is 13.9. The highest BCUT2D eigenvalue weighted by atomic mass is 16.6. The van der Waals surface area contributed by atoms with Gasteiger partial charge in [0.25, 0.3) is 0 Å². The molecule has 2 unspecified atom stereocenters. The molecule has 0 aromatic heterocycles. The van der Waals surface area contributed by atoms with Gasteiger partial charge < -0.3 is 20.3 Å². The van der Waals surface area contributed by atoms with Gasteiger partial charge in [0.15, 0.2) is 0 Å². The Kier molecular flexibility index (Phi) is 8.20. The van der Waals surface area contributed by atoms with Gasteiger partial charge in [-0.05, 0) is 47.1 Å². The third-order valence-corrected chi connectivity index (χ3v) is 3.72. The van der Waals surface area contributed by atoms with Crippen LogP contribution in [0, 0.1) is 5.92 Å². The summed E-state index contributed by atoms with van der Waals surface area (Å²) in [7, 11) is 0. The molecule has 3 N–H and O–H groups in total. The number of rotatable bonds is 7. The predicted molar refractivity (Wildman–Crippen MR) is 108 cm³/mol. The van der Waals surface area contributed by atoms with E-state index in [1.54, 1.807) is 65.8 Å². The molecule has 0 fully saturated rings. The van der Waals surface area contributed by atoms with Crippen LogP contribution in [0.5, 0.6) is 0 Å². The van der Waals surface area contributed by atoms with E-state index in [2.05, 4.69) is 0 Å². The van der Waals surface area contributed by atoms with E-state index in [1.165, 1.54) is 0 Å². The monoisotopic (exact) mass is 408 g/mol. The number of carbonyl (C=O) groups is 3. The average Bonchev–Trinajstić information content (AvgIpc) is 2.55. The molecule has 0 spiro atoms. The summed E-state index contributed by atoms with van der Waals surface area (Å²) in [5, 5.41) is 9.23. The number of amides is 1. The van der Waals surface area contributed by atoms with E-state index in [4.69, 9.17) is 15.2 Å². The van der Waals surface area contributed by atoms with Crippen LogP contribution in [0.2, 0.25) is 0 Å². The molecule has 0 aliphatic carbocycles. The first-order chi connectivity index (χ1) is 13.2. The van der Waals surface area contributed by atoms with Crippen molar-refractivity contribution < 1.29 is 29.0 Å². The molecule has 1 aromatic carbocycles. The lowest BCUT2D eigenvalue weighted by atomic mass is 9.93. The van der Waals surface area contributed by atoms with E-state index < -0.39 is 47.7 Å². The van der Waals surface area contributed by atoms with Gasteiger partial charge in [0, 0.05) is 12.6 Å². The van der Waals surface area contributed by atoms with Crippen LogP contribution in [0.1, 0.15) is 53.1 Å². The first kappa shape index (κ1) is 24.4. The molecule has 2 atom stereocenters. The van der Waals surface area contributed by atoms with Crippen LogP contribution in [0.4, 0.5) is 4.79 Å². The molecule has 162 valence electrons.